The van der Waals surface area contributed by atoms with Crippen LogP contribution in [0, 0.1) is 33.8 Å². The topological polar surface area (TPSA) is 229 Å². The Bertz CT molecular complexity index is 1840. The molecule has 0 aliphatic heterocycles. The fourth-order valence-electron chi connectivity index (χ4n) is 7.42. The number of benzene rings is 2. The molecule has 2 saturated carbocycles. The van der Waals surface area contributed by atoms with Gasteiger partial charge >= 0.3 is 0 Å². The average Bonchev–Trinajstić information content (AvgIpc) is 3.46. The maximum absolute atomic E-state index is 14.1. The normalized spacial score (nSPS) is 28.8. The molecule has 3 aromatic rings. The first kappa shape index (κ1) is 31.3. The summed E-state index contributed by atoms with van der Waals surface area (Å²) in [7, 11) is 3.19. The van der Waals surface area contributed by atoms with Crippen LogP contribution < -0.4 is 11.1 Å². The van der Waals surface area contributed by atoms with Crippen LogP contribution in [0.3, 0.4) is 0 Å². The van der Waals surface area contributed by atoms with Gasteiger partial charge < -0.3 is 36.4 Å². The van der Waals surface area contributed by atoms with Gasteiger partial charge in [0.1, 0.15) is 17.4 Å². The highest BCUT2D eigenvalue weighted by atomic mass is 32.1. The molecule has 6 rings (SSSR count). The van der Waals surface area contributed by atoms with E-state index in [2.05, 4.69) is 10.3 Å². The van der Waals surface area contributed by atoms with E-state index in [0.29, 0.717) is 22.0 Å². The summed E-state index contributed by atoms with van der Waals surface area (Å²) < 4.78 is 0. The third-order valence-corrected chi connectivity index (χ3v) is 10.2. The van der Waals surface area contributed by atoms with Crippen molar-refractivity contribution >= 4 is 51.1 Å². The number of phenols is 1. The molecule has 0 bridgehead atoms. The number of fused-ring (bicyclic) bond motifs is 3. The molecular weight excluding hydrogens is 618 g/mol. The molecule has 46 heavy (non-hydrogen) atoms. The molecule has 0 saturated heterocycles. The van der Waals surface area contributed by atoms with Crippen LogP contribution in [0.15, 0.2) is 47.4 Å². The number of non-ortho nitro benzene ring substituents is 1. The van der Waals surface area contributed by atoms with Crippen molar-refractivity contribution in [2.75, 3.05) is 19.4 Å². The zero-order valence-electron chi connectivity index (χ0n) is 24.8. The van der Waals surface area contributed by atoms with E-state index in [1.54, 1.807) is 55.6 Å². The van der Waals surface area contributed by atoms with Crippen molar-refractivity contribution in [3.63, 3.8) is 0 Å². The highest BCUT2D eigenvalue weighted by Gasteiger charge is 2.63. The number of primary amides is 1. The van der Waals surface area contributed by atoms with Crippen molar-refractivity contribution in [2.24, 2.45) is 29.4 Å². The summed E-state index contributed by atoms with van der Waals surface area (Å²) in [4.78, 5) is 56.5. The van der Waals surface area contributed by atoms with Crippen LogP contribution in [0.25, 0.3) is 17.0 Å². The SMILES string of the molecule is C[C@H]1c2ccc(Nc3nc(-c4cccc([N+](=O)[O-])c4)cs3)c(O)c2C(O)=C2C(=O)C3C(=O)C(C(N)=O)C(O)C(N(C)C)C3[C@@H](O)C21. The number of nitrogens with two attached hydrogens (primary N) is 1. The van der Waals surface area contributed by atoms with Crippen LogP contribution >= 0.6 is 11.3 Å². The zero-order valence-corrected chi connectivity index (χ0v) is 25.6. The third-order valence-electron chi connectivity index (χ3n) is 9.46. The maximum atomic E-state index is 14.1. The van der Waals surface area contributed by atoms with Gasteiger partial charge in [-0.1, -0.05) is 25.1 Å². The molecule has 3 aliphatic rings. The van der Waals surface area contributed by atoms with E-state index < -0.39 is 81.7 Å². The Labute approximate surface area is 266 Å². The van der Waals surface area contributed by atoms with Gasteiger partial charge in [0.2, 0.25) is 5.91 Å². The number of hydrogen-bond donors (Lipinski definition) is 6. The number of anilines is 2. The number of aliphatic hydroxyl groups is 3. The molecule has 2 fully saturated rings. The number of nitro benzene ring substituents is 1. The third kappa shape index (κ3) is 4.65. The first-order valence-corrected chi connectivity index (χ1v) is 15.3. The number of ketones is 2. The number of carbonyl (C=O) groups is 3. The van der Waals surface area contributed by atoms with E-state index in [0.717, 1.165) is 0 Å². The second-order valence-electron chi connectivity index (χ2n) is 12.1. The molecule has 15 heteroatoms. The number of aromatic nitrogens is 1. The zero-order chi connectivity index (χ0) is 33.4. The van der Waals surface area contributed by atoms with Crippen LogP contribution in [0.1, 0.15) is 24.0 Å². The molecule has 1 amide bonds. The molecule has 2 aromatic carbocycles. The standard InChI is InChI=1S/C31H31N5O9S/c1-11-14-7-8-15(33-31-34-16(10-46-31)12-5-4-6-13(9-12)36(44)45)24(37)18(14)26(39)20-17(11)25(38)19-21(27(20)40)28(41)22(30(32)43)29(42)23(19)35(2)3/h4-11,17,19,21-23,25,29,37-39,42H,1-3H3,(H2,32,43)(H,33,34)/t11-,17?,19?,21?,22?,23?,25-,29?/m0/s1. The Kier molecular flexibility index (Phi) is 7.67. The maximum Gasteiger partial charge on any atom is 0.270 e. The summed E-state index contributed by atoms with van der Waals surface area (Å²) in [5, 5.41) is 61.9. The van der Waals surface area contributed by atoms with Crippen molar-refractivity contribution in [1.29, 1.82) is 0 Å². The number of carbonyl (C=O) groups excluding carboxylic acids is 3. The van der Waals surface area contributed by atoms with Gasteiger partial charge in [0.25, 0.3) is 5.69 Å². The smallest absolute Gasteiger partial charge is 0.270 e. The summed E-state index contributed by atoms with van der Waals surface area (Å²) >= 11 is 1.17. The molecule has 14 nitrogen and oxygen atoms in total. The highest BCUT2D eigenvalue weighted by Crippen LogP contribution is 2.55. The predicted molar refractivity (Wildman–Crippen MR) is 166 cm³/mol. The van der Waals surface area contributed by atoms with Gasteiger partial charge in [-0.05, 0) is 31.6 Å². The monoisotopic (exact) mass is 649 g/mol. The number of nitrogens with one attached hydrogen (secondary N) is 1. The molecule has 3 aliphatic carbocycles. The van der Waals surface area contributed by atoms with Crippen LogP contribution in [0.5, 0.6) is 5.75 Å². The molecule has 240 valence electrons. The lowest BCUT2D eigenvalue weighted by atomic mass is 9.54. The Balaban J connectivity index is 1.39. The molecular formula is C31H31N5O9S. The number of phenolic OH excluding ortho intramolecular Hbond substituents is 1. The Morgan fingerprint density at radius 1 is 1.13 bits per heavy atom. The van der Waals surface area contributed by atoms with Gasteiger partial charge in [-0.15, -0.1) is 11.3 Å². The van der Waals surface area contributed by atoms with Crippen LogP contribution in [0.4, 0.5) is 16.5 Å². The minimum absolute atomic E-state index is 0.0582. The van der Waals surface area contributed by atoms with E-state index in [1.165, 1.54) is 23.5 Å². The summed E-state index contributed by atoms with van der Waals surface area (Å²) in [6, 6.07) is 8.21. The Morgan fingerprint density at radius 3 is 2.50 bits per heavy atom. The van der Waals surface area contributed by atoms with E-state index in [1.807, 2.05) is 0 Å². The molecule has 1 heterocycles. The molecule has 1 aromatic heterocycles. The Hall–Kier alpha value is -4.70. The van der Waals surface area contributed by atoms with Gasteiger partial charge in [0.05, 0.1) is 40.0 Å². The van der Waals surface area contributed by atoms with Crippen molar-refractivity contribution in [3.8, 4) is 17.0 Å². The molecule has 8 atom stereocenters. The minimum Gasteiger partial charge on any atom is -0.507 e. The van der Waals surface area contributed by atoms with Crippen molar-refractivity contribution in [1.82, 2.24) is 9.88 Å². The lowest BCUT2D eigenvalue weighted by Crippen LogP contribution is -2.68. The average molecular weight is 650 g/mol. The summed E-state index contributed by atoms with van der Waals surface area (Å²) in [6.07, 6.45) is -2.94. The lowest BCUT2D eigenvalue weighted by molar-refractivity contribution is -0.384. The number of thiazole rings is 1. The Morgan fingerprint density at radius 2 is 1.85 bits per heavy atom. The largest absolute Gasteiger partial charge is 0.507 e. The van der Waals surface area contributed by atoms with Crippen molar-refractivity contribution < 1.29 is 39.7 Å². The van der Waals surface area contributed by atoms with E-state index in [-0.39, 0.29) is 22.5 Å². The molecule has 0 radical (unpaired) electrons. The number of aromatic hydroxyl groups is 1. The number of nitro groups is 1. The fraction of sp³-hybridized carbons (Fsp3) is 0.355. The number of hydrogen-bond acceptors (Lipinski definition) is 13. The first-order chi connectivity index (χ1) is 21.7. The minimum atomic E-state index is -1.69. The van der Waals surface area contributed by atoms with E-state index >= 15 is 0 Å². The van der Waals surface area contributed by atoms with Gasteiger partial charge in [0, 0.05) is 46.5 Å². The lowest BCUT2D eigenvalue weighted by Gasteiger charge is -2.53. The van der Waals surface area contributed by atoms with E-state index in [9.17, 15) is 44.9 Å². The number of nitrogens with zero attached hydrogens (tertiary/aromatic N) is 3. The molecule has 6 unspecified atom stereocenters. The molecule has 7 N–H and O–H groups in total. The summed E-state index contributed by atoms with van der Waals surface area (Å²) in [5.41, 5.74) is 6.62. The van der Waals surface area contributed by atoms with Crippen LogP contribution in [-0.4, -0.2) is 85.1 Å². The second-order valence-corrected chi connectivity index (χ2v) is 13.0. The summed E-state index contributed by atoms with van der Waals surface area (Å²) in [5.74, 6) is -9.78. The highest BCUT2D eigenvalue weighted by molar-refractivity contribution is 7.14. The number of aliphatic hydroxyl groups excluding tert-OH is 3. The fourth-order valence-corrected chi connectivity index (χ4v) is 8.15. The number of likely N-dealkylation sites (N-methyl/N-ethyl adjacent to an activating group) is 1. The molecule has 0 spiro atoms. The van der Waals surface area contributed by atoms with Gasteiger partial charge in [-0.3, -0.25) is 24.5 Å². The summed E-state index contributed by atoms with van der Waals surface area (Å²) in [6.45, 7) is 1.73. The van der Waals surface area contributed by atoms with Crippen LogP contribution in [0.2, 0.25) is 0 Å². The first-order valence-electron chi connectivity index (χ1n) is 14.4. The quantitative estimate of drug-likeness (QED) is 0.0978. The second kappa shape index (κ2) is 11.3. The number of rotatable bonds is 6. The predicted octanol–water partition coefficient (Wildman–Crippen LogP) is 2.32. The van der Waals surface area contributed by atoms with Crippen molar-refractivity contribution in [2.45, 2.75) is 31.1 Å². The van der Waals surface area contributed by atoms with E-state index in [4.69, 9.17) is 5.73 Å². The van der Waals surface area contributed by atoms with Gasteiger partial charge in [-0.25, -0.2) is 4.98 Å². The number of Topliss-reactive ketones (excluding diaryl/α,β-unsaturated/α-hetero) is 2. The number of amides is 1. The van der Waals surface area contributed by atoms with Gasteiger partial charge in [0.15, 0.2) is 16.7 Å². The van der Waals surface area contributed by atoms with Gasteiger partial charge in [-0.2, -0.15) is 0 Å². The van der Waals surface area contributed by atoms with Crippen LogP contribution in [-0.2, 0) is 14.4 Å². The van der Waals surface area contributed by atoms with Crippen molar-refractivity contribution in [3.05, 3.63) is 68.6 Å².